The van der Waals surface area contributed by atoms with Gasteiger partial charge in [0.25, 0.3) is 0 Å². The van der Waals surface area contributed by atoms with Gasteiger partial charge >= 0.3 is 18.0 Å². The van der Waals surface area contributed by atoms with Gasteiger partial charge in [-0.15, -0.1) is 0 Å². The zero-order valence-electron chi connectivity index (χ0n) is 11.4. The number of carbonyl (C=O) groups is 3. The van der Waals surface area contributed by atoms with Crippen LogP contribution in [0.4, 0.5) is 4.79 Å². The van der Waals surface area contributed by atoms with E-state index < -0.39 is 29.7 Å². The Labute approximate surface area is 111 Å². The van der Waals surface area contributed by atoms with Gasteiger partial charge in [-0.25, -0.2) is 9.59 Å². The van der Waals surface area contributed by atoms with Gasteiger partial charge in [-0.1, -0.05) is 6.42 Å². The van der Waals surface area contributed by atoms with Gasteiger partial charge in [-0.3, -0.25) is 4.79 Å². The molecule has 0 aliphatic rings. The van der Waals surface area contributed by atoms with Gasteiger partial charge in [-0.2, -0.15) is 0 Å². The molecule has 0 aromatic heterocycles. The molecule has 0 aromatic rings. The number of hydrogen-bond acceptors (Lipinski definition) is 4. The monoisotopic (exact) mass is 275 g/mol. The van der Waals surface area contributed by atoms with Crippen LogP contribution in [0.1, 0.15) is 46.5 Å². The van der Waals surface area contributed by atoms with Crippen molar-refractivity contribution in [3.63, 3.8) is 0 Å². The van der Waals surface area contributed by atoms with E-state index >= 15 is 0 Å². The first-order valence-corrected chi connectivity index (χ1v) is 6.06. The summed E-state index contributed by atoms with van der Waals surface area (Å²) in [5, 5.41) is 19.7. The number of unbranched alkanes of at least 4 members (excludes halogenated alkanes) is 1. The highest BCUT2D eigenvalue weighted by Crippen LogP contribution is 2.09. The first-order valence-electron chi connectivity index (χ1n) is 6.06. The molecule has 0 radical (unpaired) electrons. The van der Waals surface area contributed by atoms with Crippen LogP contribution >= 0.6 is 0 Å². The second-order valence-electron chi connectivity index (χ2n) is 5.18. The van der Waals surface area contributed by atoms with Crippen molar-refractivity contribution in [2.75, 3.05) is 0 Å². The van der Waals surface area contributed by atoms with E-state index in [-0.39, 0.29) is 12.8 Å². The molecule has 0 fully saturated rings. The Morgan fingerprint density at radius 1 is 1.16 bits per heavy atom. The van der Waals surface area contributed by atoms with Crippen LogP contribution in [0.15, 0.2) is 0 Å². The highest BCUT2D eigenvalue weighted by Gasteiger charge is 2.23. The van der Waals surface area contributed by atoms with Crippen LogP contribution in [-0.2, 0) is 14.3 Å². The Hall–Kier alpha value is -1.79. The molecule has 110 valence electrons. The molecule has 7 heteroatoms. The van der Waals surface area contributed by atoms with E-state index in [1.807, 2.05) is 0 Å². The summed E-state index contributed by atoms with van der Waals surface area (Å²) in [6, 6.07) is -1.07. The average molecular weight is 275 g/mol. The van der Waals surface area contributed by atoms with E-state index in [1.54, 1.807) is 20.8 Å². The third kappa shape index (κ3) is 9.87. The Morgan fingerprint density at radius 2 is 1.74 bits per heavy atom. The van der Waals surface area contributed by atoms with Crippen molar-refractivity contribution in [2.45, 2.75) is 58.1 Å². The maximum atomic E-state index is 11.4. The summed E-state index contributed by atoms with van der Waals surface area (Å²) in [5.41, 5.74) is -0.698. The third-order valence-electron chi connectivity index (χ3n) is 2.12. The Morgan fingerprint density at radius 3 is 2.16 bits per heavy atom. The first-order chi connectivity index (χ1) is 8.61. The number of nitrogens with one attached hydrogen (secondary N) is 1. The van der Waals surface area contributed by atoms with Gasteiger partial charge in [0.2, 0.25) is 0 Å². The van der Waals surface area contributed by atoms with E-state index in [9.17, 15) is 14.4 Å². The second kappa shape index (κ2) is 7.60. The van der Waals surface area contributed by atoms with Crippen LogP contribution in [0, 0.1) is 0 Å². The van der Waals surface area contributed by atoms with Crippen LogP contribution in [0.2, 0.25) is 0 Å². The van der Waals surface area contributed by atoms with Crippen molar-refractivity contribution in [2.24, 2.45) is 0 Å². The summed E-state index contributed by atoms with van der Waals surface area (Å²) in [5.74, 6) is -2.09. The predicted octanol–water partition coefficient (Wildman–Crippen LogP) is 1.61. The number of amides is 1. The number of alkyl carbamates (subject to hydrolysis) is 1. The normalized spacial score (nSPS) is 12.6. The molecule has 0 aliphatic heterocycles. The summed E-state index contributed by atoms with van der Waals surface area (Å²) in [7, 11) is 0. The summed E-state index contributed by atoms with van der Waals surface area (Å²) >= 11 is 0. The van der Waals surface area contributed by atoms with Crippen molar-refractivity contribution >= 4 is 18.0 Å². The van der Waals surface area contributed by atoms with E-state index in [0.29, 0.717) is 12.8 Å². The lowest BCUT2D eigenvalue weighted by molar-refractivity contribution is -0.139. The number of carbonyl (C=O) groups excluding carboxylic acids is 1. The number of rotatable bonds is 7. The average Bonchev–Trinajstić information content (AvgIpc) is 2.19. The Kier molecular flexibility index (Phi) is 6.89. The lowest BCUT2D eigenvalue weighted by Crippen LogP contribution is -2.43. The molecule has 1 atom stereocenters. The highest BCUT2D eigenvalue weighted by molar-refractivity contribution is 5.79. The molecule has 0 aliphatic carbocycles. The molecule has 0 unspecified atom stereocenters. The molecule has 0 saturated heterocycles. The molecule has 3 N–H and O–H groups in total. The van der Waals surface area contributed by atoms with Gasteiger partial charge < -0.3 is 20.3 Å². The molecule has 0 spiro atoms. The minimum Gasteiger partial charge on any atom is -0.481 e. The highest BCUT2D eigenvalue weighted by atomic mass is 16.6. The minimum absolute atomic E-state index is 0.0151. The standard InChI is InChI=1S/C12H21NO6/c1-12(2,3)19-11(18)13-8(10(16)17)6-4-5-7-9(14)15/h8H,4-7H2,1-3H3,(H,13,18)(H,14,15)(H,16,17)/t8-/m0/s1. The maximum Gasteiger partial charge on any atom is 0.408 e. The van der Waals surface area contributed by atoms with Crippen LogP contribution < -0.4 is 5.32 Å². The van der Waals surface area contributed by atoms with Gasteiger partial charge in [0.15, 0.2) is 0 Å². The summed E-state index contributed by atoms with van der Waals surface area (Å²) in [4.78, 5) is 32.7. The molecule has 0 aromatic carbocycles. The molecular weight excluding hydrogens is 254 g/mol. The second-order valence-corrected chi connectivity index (χ2v) is 5.18. The quantitative estimate of drug-likeness (QED) is 0.608. The molecule has 0 saturated carbocycles. The SMILES string of the molecule is CC(C)(C)OC(=O)N[C@@H](CCCCC(=O)O)C(=O)O. The van der Waals surface area contributed by atoms with Crippen LogP contribution in [-0.4, -0.2) is 39.9 Å². The van der Waals surface area contributed by atoms with Crippen molar-refractivity contribution in [3.05, 3.63) is 0 Å². The van der Waals surface area contributed by atoms with E-state index in [4.69, 9.17) is 14.9 Å². The van der Waals surface area contributed by atoms with Gasteiger partial charge in [0.05, 0.1) is 0 Å². The molecular formula is C12H21NO6. The van der Waals surface area contributed by atoms with E-state index in [1.165, 1.54) is 0 Å². The smallest absolute Gasteiger partial charge is 0.408 e. The van der Waals surface area contributed by atoms with Gasteiger partial charge in [-0.05, 0) is 33.6 Å². The number of ether oxygens (including phenoxy) is 1. The Bertz CT molecular complexity index is 334. The number of aliphatic carboxylic acids is 2. The minimum atomic E-state index is -1.17. The van der Waals surface area contributed by atoms with E-state index in [0.717, 1.165) is 0 Å². The lowest BCUT2D eigenvalue weighted by Gasteiger charge is -2.21. The summed E-state index contributed by atoms with van der Waals surface area (Å²) in [6.07, 6.45) is 0.132. The Balaban J connectivity index is 4.16. The summed E-state index contributed by atoms with van der Waals surface area (Å²) < 4.78 is 4.96. The molecule has 1 amide bonds. The van der Waals surface area contributed by atoms with Crippen LogP contribution in [0.25, 0.3) is 0 Å². The number of hydrogen-bond donors (Lipinski definition) is 3. The largest absolute Gasteiger partial charge is 0.481 e. The van der Waals surface area contributed by atoms with Crippen molar-refractivity contribution in [1.82, 2.24) is 5.32 Å². The predicted molar refractivity (Wildman–Crippen MR) is 66.9 cm³/mol. The third-order valence-corrected chi connectivity index (χ3v) is 2.12. The van der Waals surface area contributed by atoms with Gasteiger partial charge in [0.1, 0.15) is 11.6 Å². The molecule has 0 rings (SSSR count). The molecule has 19 heavy (non-hydrogen) atoms. The fourth-order valence-corrected chi connectivity index (χ4v) is 1.33. The fourth-order valence-electron chi connectivity index (χ4n) is 1.33. The van der Waals surface area contributed by atoms with Crippen molar-refractivity contribution < 1.29 is 29.3 Å². The van der Waals surface area contributed by atoms with Gasteiger partial charge in [0, 0.05) is 6.42 Å². The van der Waals surface area contributed by atoms with Crippen molar-refractivity contribution in [1.29, 1.82) is 0 Å². The zero-order chi connectivity index (χ0) is 15.1. The van der Waals surface area contributed by atoms with Crippen LogP contribution in [0.5, 0.6) is 0 Å². The lowest BCUT2D eigenvalue weighted by atomic mass is 10.1. The number of carboxylic acids is 2. The molecule has 0 bridgehead atoms. The fraction of sp³-hybridized carbons (Fsp3) is 0.750. The topological polar surface area (TPSA) is 113 Å². The molecule has 0 heterocycles. The number of carboxylic acid groups (broad SMARTS) is 2. The summed E-state index contributed by atoms with van der Waals surface area (Å²) in [6.45, 7) is 5.03. The zero-order valence-corrected chi connectivity index (χ0v) is 11.4. The van der Waals surface area contributed by atoms with E-state index in [2.05, 4.69) is 5.32 Å². The first kappa shape index (κ1) is 17.2. The van der Waals surface area contributed by atoms with Crippen LogP contribution in [0.3, 0.4) is 0 Å². The molecule has 7 nitrogen and oxygen atoms in total. The van der Waals surface area contributed by atoms with Crippen molar-refractivity contribution in [3.8, 4) is 0 Å². The maximum absolute atomic E-state index is 11.4.